The molecule has 0 aliphatic carbocycles. The lowest BCUT2D eigenvalue weighted by molar-refractivity contribution is 0.0923. The lowest BCUT2D eigenvalue weighted by Crippen LogP contribution is -2.06. The summed E-state index contributed by atoms with van der Waals surface area (Å²) >= 11 is 0. The highest BCUT2D eigenvalue weighted by atomic mass is 16.5. The molecule has 0 saturated carbocycles. The normalized spacial score (nSPS) is 19.4. The molecular formula is C14H19NO2. The van der Waals surface area contributed by atoms with Crippen molar-refractivity contribution >= 4 is 11.5 Å². The van der Waals surface area contributed by atoms with E-state index in [0.717, 1.165) is 37.9 Å². The molecule has 1 fully saturated rings. The Balaban J connectivity index is 1.75. The first kappa shape index (κ1) is 12.1. The molecule has 1 saturated heterocycles. The first-order valence-corrected chi connectivity index (χ1v) is 6.26. The first-order valence-electron chi connectivity index (χ1n) is 6.26. The van der Waals surface area contributed by atoms with Gasteiger partial charge in [-0.15, -0.1) is 0 Å². The summed E-state index contributed by atoms with van der Waals surface area (Å²) < 4.78 is 5.53. The lowest BCUT2D eigenvalue weighted by atomic mass is 10.0. The Morgan fingerprint density at radius 1 is 1.35 bits per heavy atom. The summed E-state index contributed by atoms with van der Waals surface area (Å²) in [5, 5.41) is 0. The molecule has 2 N–H and O–H groups in total. The Morgan fingerprint density at radius 3 is 2.76 bits per heavy atom. The third kappa shape index (κ3) is 3.56. The van der Waals surface area contributed by atoms with Gasteiger partial charge < -0.3 is 10.5 Å². The molecule has 1 aliphatic rings. The van der Waals surface area contributed by atoms with Gasteiger partial charge in [-0.25, -0.2) is 0 Å². The number of hydrogen-bond donors (Lipinski definition) is 1. The van der Waals surface area contributed by atoms with Gasteiger partial charge in [-0.1, -0.05) is 0 Å². The van der Waals surface area contributed by atoms with Crippen molar-refractivity contribution in [3.8, 4) is 0 Å². The number of nitrogen functional groups attached to an aromatic ring is 1. The summed E-state index contributed by atoms with van der Waals surface area (Å²) in [4.78, 5) is 11.8. The third-order valence-electron chi connectivity index (χ3n) is 3.19. The van der Waals surface area contributed by atoms with Crippen molar-refractivity contribution in [2.45, 2.75) is 38.2 Å². The van der Waals surface area contributed by atoms with Crippen molar-refractivity contribution < 1.29 is 9.53 Å². The van der Waals surface area contributed by atoms with Crippen molar-refractivity contribution in [1.29, 1.82) is 0 Å². The average molecular weight is 233 g/mol. The fourth-order valence-corrected chi connectivity index (χ4v) is 2.18. The second kappa shape index (κ2) is 5.82. The lowest BCUT2D eigenvalue weighted by Gasteiger charge is -2.08. The SMILES string of the molecule is Nc1ccc(C(=O)CCCC2CCCO2)cc1. The monoisotopic (exact) mass is 233 g/mol. The fraction of sp³-hybridized carbons (Fsp3) is 0.500. The van der Waals surface area contributed by atoms with Crippen LogP contribution < -0.4 is 5.73 Å². The largest absolute Gasteiger partial charge is 0.399 e. The van der Waals surface area contributed by atoms with Crippen LogP contribution >= 0.6 is 0 Å². The van der Waals surface area contributed by atoms with Gasteiger partial charge in [0.25, 0.3) is 0 Å². The van der Waals surface area contributed by atoms with Gasteiger partial charge in [-0.3, -0.25) is 4.79 Å². The van der Waals surface area contributed by atoms with E-state index < -0.39 is 0 Å². The minimum atomic E-state index is 0.197. The first-order chi connectivity index (χ1) is 8.25. The van der Waals surface area contributed by atoms with Crippen LogP contribution in [0.25, 0.3) is 0 Å². The standard InChI is InChI=1S/C14H19NO2/c15-12-8-6-11(7-9-12)14(16)5-1-3-13-4-2-10-17-13/h6-9,13H,1-5,10,15H2. The zero-order valence-electron chi connectivity index (χ0n) is 10.0. The van der Waals surface area contributed by atoms with Crippen LogP contribution in [0.1, 0.15) is 42.5 Å². The van der Waals surface area contributed by atoms with Crippen LogP contribution in [-0.4, -0.2) is 18.5 Å². The molecule has 1 aliphatic heterocycles. The maximum Gasteiger partial charge on any atom is 0.162 e. The molecule has 17 heavy (non-hydrogen) atoms. The van der Waals surface area contributed by atoms with Crippen LogP contribution in [0.3, 0.4) is 0 Å². The van der Waals surface area contributed by atoms with Gasteiger partial charge in [-0.2, -0.15) is 0 Å². The summed E-state index contributed by atoms with van der Waals surface area (Å²) in [6.07, 6.45) is 5.21. The third-order valence-corrected chi connectivity index (χ3v) is 3.19. The number of Topliss-reactive ketones (excluding diaryl/α,β-unsaturated/α-hetero) is 1. The Morgan fingerprint density at radius 2 is 2.12 bits per heavy atom. The smallest absolute Gasteiger partial charge is 0.162 e. The zero-order chi connectivity index (χ0) is 12.1. The number of carbonyl (C=O) groups excluding carboxylic acids is 1. The molecular weight excluding hydrogens is 214 g/mol. The molecule has 92 valence electrons. The molecule has 1 unspecified atom stereocenters. The maximum absolute atomic E-state index is 11.8. The molecule has 1 atom stereocenters. The highest BCUT2D eigenvalue weighted by Crippen LogP contribution is 2.18. The molecule has 2 rings (SSSR count). The zero-order valence-corrected chi connectivity index (χ0v) is 10.0. The van der Waals surface area contributed by atoms with E-state index in [-0.39, 0.29) is 5.78 Å². The second-order valence-electron chi connectivity index (χ2n) is 4.57. The summed E-state index contributed by atoms with van der Waals surface area (Å²) in [6, 6.07) is 7.13. The highest BCUT2D eigenvalue weighted by molar-refractivity contribution is 5.96. The molecule has 0 amide bonds. The minimum Gasteiger partial charge on any atom is -0.399 e. The van der Waals surface area contributed by atoms with Crippen molar-refractivity contribution in [3.05, 3.63) is 29.8 Å². The van der Waals surface area contributed by atoms with Crippen LogP contribution in [0.2, 0.25) is 0 Å². The van der Waals surface area contributed by atoms with Gasteiger partial charge in [0, 0.05) is 24.3 Å². The van der Waals surface area contributed by atoms with Crippen LogP contribution in [-0.2, 0) is 4.74 Å². The fourth-order valence-electron chi connectivity index (χ4n) is 2.18. The number of benzene rings is 1. The molecule has 1 heterocycles. The number of anilines is 1. The predicted molar refractivity (Wildman–Crippen MR) is 68.0 cm³/mol. The summed E-state index contributed by atoms with van der Waals surface area (Å²) in [6.45, 7) is 0.885. The van der Waals surface area contributed by atoms with Gasteiger partial charge in [0.05, 0.1) is 6.10 Å². The topological polar surface area (TPSA) is 52.3 Å². The Labute approximate surface area is 102 Å². The van der Waals surface area contributed by atoms with E-state index in [1.54, 1.807) is 24.3 Å². The maximum atomic E-state index is 11.8. The van der Waals surface area contributed by atoms with Gasteiger partial charge in [-0.05, 0) is 49.9 Å². The number of ether oxygens (including phenoxy) is 1. The van der Waals surface area contributed by atoms with Crippen LogP contribution in [0, 0.1) is 0 Å². The van der Waals surface area contributed by atoms with Gasteiger partial charge in [0.15, 0.2) is 5.78 Å². The average Bonchev–Trinajstić information content (AvgIpc) is 2.83. The Hall–Kier alpha value is -1.35. The van der Waals surface area contributed by atoms with Gasteiger partial charge >= 0.3 is 0 Å². The van der Waals surface area contributed by atoms with E-state index in [1.807, 2.05) is 0 Å². The number of hydrogen-bond acceptors (Lipinski definition) is 3. The van der Waals surface area contributed by atoms with E-state index in [1.165, 1.54) is 0 Å². The van der Waals surface area contributed by atoms with E-state index in [4.69, 9.17) is 10.5 Å². The van der Waals surface area contributed by atoms with E-state index in [0.29, 0.717) is 18.2 Å². The summed E-state index contributed by atoms with van der Waals surface area (Å²) in [5.74, 6) is 0.197. The Kier molecular flexibility index (Phi) is 4.15. The molecule has 0 spiro atoms. The Bertz CT molecular complexity index is 366. The van der Waals surface area contributed by atoms with E-state index in [9.17, 15) is 4.79 Å². The molecule has 0 bridgehead atoms. The van der Waals surface area contributed by atoms with Crippen molar-refractivity contribution in [2.24, 2.45) is 0 Å². The van der Waals surface area contributed by atoms with Gasteiger partial charge in [0.2, 0.25) is 0 Å². The van der Waals surface area contributed by atoms with Crippen LogP contribution in [0.15, 0.2) is 24.3 Å². The predicted octanol–water partition coefficient (Wildman–Crippen LogP) is 2.80. The highest BCUT2D eigenvalue weighted by Gasteiger charge is 2.15. The summed E-state index contributed by atoms with van der Waals surface area (Å²) in [5.41, 5.74) is 7.03. The van der Waals surface area contributed by atoms with E-state index in [2.05, 4.69) is 0 Å². The van der Waals surface area contributed by atoms with Crippen molar-refractivity contribution in [2.75, 3.05) is 12.3 Å². The molecule has 3 heteroatoms. The molecule has 0 aromatic heterocycles. The van der Waals surface area contributed by atoms with Crippen molar-refractivity contribution in [1.82, 2.24) is 0 Å². The number of carbonyl (C=O) groups is 1. The van der Waals surface area contributed by atoms with Crippen molar-refractivity contribution in [3.63, 3.8) is 0 Å². The van der Waals surface area contributed by atoms with E-state index >= 15 is 0 Å². The molecule has 1 aromatic carbocycles. The number of rotatable bonds is 5. The van der Waals surface area contributed by atoms with Crippen LogP contribution in [0.5, 0.6) is 0 Å². The number of nitrogens with two attached hydrogens (primary N) is 1. The quantitative estimate of drug-likeness (QED) is 0.628. The molecule has 0 radical (unpaired) electrons. The van der Waals surface area contributed by atoms with Crippen LogP contribution in [0.4, 0.5) is 5.69 Å². The molecule has 3 nitrogen and oxygen atoms in total. The van der Waals surface area contributed by atoms with Gasteiger partial charge in [0.1, 0.15) is 0 Å². The number of ketones is 1. The minimum absolute atomic E-state index is 0.197. The summed E-state index contributed by atoms with van der Waals surface area (Å²) in [7, 11) is 0. The molecule has 1 aromatic rings. The second-order valence-corrected chi connectivity index (χ2v) is 4.57.